The maximum absolute atomic E-state index is 12.0. The van der Waals surface area contributed by atoms with E-state index >= 15 is 0 Å². The van der Waals surface area contributed by atoms with E-state index in [1.807, 2.05) is 0 Å². The highest BCUT2D eigenvalue weighted by Gasteiger charge is 2.23. The molecule has 5 heteroatoms. The number of carbonyl (C=O) groups excluding carboxylic acids is 1. The van der Waals surface area contributed by atoms with E-state index in [0.717, 1.165) is 23.9 Å². The van der Waals surface area contributed by atoms with Crippen molar-refractivity contribution in [1.82, 2.24) is 10.2 Å². The zero-order valence-corrected chi connectivity index (χ0v) is 15.4. The number of amides is 1. The van der Waals surface area contributed by atoms with Gasteiger partial charge >= 0.3 is 0 Å². The molecule has 5 nitrogen and oxygen atoms in total. The second-order valence-electron chi connectivity index (χ2n) is 7.61. The smallest absolute Gasteiger partial charge is 0.251 e. The van der Waals surface area contributed by atoms with Gasteiger partial charge in [0.15, 0.2) is 6.10 Å². The van der Waals surface area contributed by atoms with Crippen molar-refractivity contribution in [3.63, 3.8) is 0 Å². The number of rotatable bonds is 5. The summed E-state index contributed by atoms with van der Waals surface area (Å²) in [7, 11) is 0. The van der Waals surface area contributed by atoms with Crippen LogP contribution in [-0.4, -0.2) is 49.8 Å². The van der Waals surface area contributed by atoms with E-state index in [2.05, 4.69) is 48.3 Å². The Morgan fingerprint density at radius 2 is 1.80 bits per heavy atom. The van der Waals surface area contributed by atoms with Crippen molar-refractivity contribution in [1.29, 1.82) is 0 Å². The third-order valence-corrected chi connectivity index (χ3v) is 4.95. The third-order valence-electron chi connectivity index (χ3n) is 4.95. The Morgan fingerprint density at radius 3 is 2.44 bits per heavy atom. The van der Waals surface area contributed by atoms with Gasteiger partial charge < -0.3 is 14.8 Å². The van der Waals surface area contributed by atoms with Crippen molar-refractivity contribution in [3.05, 3.63) is 35.4 Å². The second kappa shape index (κ2) is 8.79. The number of nitrogens with zero attached hydrogens (tertiary/aromatic N) is 1. The molecule has 1 N–H and O–H groups in total. The molecule has 1 aromatic rings. The first-order chi connectivity index (χ1) is 12.1. The normalized spacial score (nSPS) is 27.8. The molecule has 0 saturated carbocycles. The fraction of sp³-hybridized carbons (Fsp3) is 0.650. The number of hydrogen-bond acceptors (Lipinski definition) is 4. The molecule has 2 heterocycles. The molecule has 0 aromatic heterocycles. The molecule has 25 heavy (non-hydrogen) atoms. The predicted molar refractivity (Wildman–Crippen MR) is 97.1 cm³/mol. The minimum absolute atomic E-state index is 0.0972. The molecule has 2 aliphatic rings. The van der Waals surface area contributed by atoms with Crippen molar-refractivity contribution in [2.24, 2.45) is 11.8 Å². The number of carbonyl (C=O) groups is 1. The number of benzene rings is 1. The summed E-state index contributed by atoms with van der Waals surface area (Å²) in [6, 6.07) is 8.55. The minimum atomic E-state index is -0.476. The lowest BCUT2D eigenvalue weighted by atomic mass is 9.91. The van der Waals surface area contributed by atoms with Crippen molar-refractivity contribution in [2.75, 3.05) is 32.9 Å². The molecule has 0 aliphatic carbocycles. The van der Waals surface area contributed by atoms with Gasteiger partial charge in [-0.3, -0.25) is 9.69 Å². The monoisotopic (exact) mass is 346 g/mol. The van der Waals surface area contributed by atoms with Gasteiger partial charge in [-0.1, -0.05) is 38.1 Å². The van der Waals surface area contributed by atoms with Crippen LogP contribution < -0.4 is 5.32 Å². The van der Waals surface area contributed by atoms with Crippen LogP contribution in [0.5, 0.6) is 0 Å². The number of ether oxygens (including phenoxy) is 2. The summed E-state index contributed by atoms with van der Waals surface area (Å²) in [4.78, 5) is 14.6. The van der Waals surface area contributed by atoms with Gasteiger partial charge in [-0.25, -0.2) is 0 Å². The number of hydrogen-bond donors (Lipinski definition) is 1. The van der Waals surface area contributed by atoms with Gasteiger partial charge in [0.05, 0.1) is 19.8 Å². The molecule has 0 spiro atoms. The Bertz CT molecular complexity index is 545. The predicted octanol–water partition coefficient (Wildman–Crippen LogP) is 2.20. The molecule has 1 aromatic carbocycles. The summed E-state index contributed by atoms with van der Waals surface area (Å²) in [6.07, 6.45) is 0.862. The van der Waals surface area contributed by atoms with Crippen LogP contribution in [0.1, 0.15) is 31.4 Å². The summed E-state index contributed by atoms with van der Waals surface area (Å²) in [5.74, 6) is 1.47. The van der Waals surface area contributed by atoms with Crippen LogP contribution in [0.4, 0.5) is 0 Å². The van der Waals surface area contributed by atoms with Gasteiger partial charge in [-0.15, -0.1) is 0 Å². The SMILES string of the molecule is CC1CC(C)CN(Cc2ccc(CNC(=O)C3COCCO3)cc2)C1. The lowest BCUT2D eigenvalue weighted by Gasteiger charge is -2.35. The highest BCUT2D eigenvalue weighted by atomic mass is 16.6. The van der Waals surface area contributed by atoms with E-state index < -0.39 is 6.10 Å². The van der Waals surface area contributed by atoms with Crippen LogP contribution in [0.3, 0.4) is 0 Å². The van der Waals surface area contributed by atoms with Gasteiger partial charge in [-0.05, 0) is 29.4 Å². The van der Waals surface area contributed by atoms with E-state index in [1.165, 1.54) is 25.1 Å². The van der Waals surface area contributed by atoms with Crippen molar-refractivity contribution in [2.45, 2.75) is 39.5 Å². The molecule has 0 radical (unpaired) electrons. The Labute approximate surface area is 150 Å². The summed E-state index contributed by atoms with van der Waals surface area (Å²) in [6.45, 7) is 9.99. The van der Waals surface area contributed by atoms with Gasteiger partial charge in [-0.2, -0.15) is 0 Å². The summed E-state index contributed by atoms with van der Waals surface area (Å²) in [5, 5.41) is 2.93. The molecule has 3 rings (SSSR count). The second-order valence-corrected chi connectivity index (χ2v) is 7.61. The van der Waals surface area contributed by atoms with E-state index in [9.17, 15) is 4.79 Å². The lowest BCUT2D eigenvalue weighted by Crippen LogP contribution is -2.42. The minimum Gasteiger partial charge on any atom is -0.376 e. The average Bonchev–Trinajstić information content (AvgIpc) is 2.61. The molecule has 2 aliphatic heterocycles. The third kappa shape index (κ3) is 5.53. The Balaban J connectivity index is 1.46. The van der Waals surface area contributed by atoms with Crippen molar-refractivity contribution >= 4 is 5.91 Å². The van der Waals surface area contributed by atoms with Crippen LogP contribution in [-0.2, 0) is 27.4 Å². The molecular weight excluding hydrogens is 316 g/mol. The standard InChI is InChI=1S/C20H30N2O3/c1-15-9-16(2)12-22(11-15)13-18-5-3-17(4-6-18)10-21-20(23)19-14-24-7-8-25-19/h3-6,15-16,19H,7-14H2,1-2H3,(H,21,23). The van der Waals surface area contributed by atoms with E-state index in [0.29, 0.717) is 26.4 Å². The Morgan fingerprint density at radius 1 is 1.12 bits per heavy atom. The molecule has 3 atom stereocenters. The zero-order valence-electron chi connectivity index (χ0n) is 15.4. The molecule has 3 unspecified atom stereocenters. The number of nitrogens with one attached hydrogen (secondary N) is 1. The Hall–Kier alpha value is -1.43. The van der Waals surface area contributed by atoms with Gasteiger partial charge in [0, 0.05) is 26.2 Å². The zero-order chi connectivity index (χ0) is 17.6. The van der Waals surface area contributed by atoms with E-state index in [1.54, 1.807) is 0 Å². The highest BCUT2D eigenvalue weighted by molar-refractivity contribution is 5.80. The van der Waals surface area contributed by atoms with Crippen LogP contribution in [0.15, 0.2) is 24.3 Å². The van der Waals surface area contributed by atoms with Crippen molar-refractivity contribution in [3.8, 4) is 0 Å². The topological polar surface area (TPSA) is 50.8 Å². The first kappa shape index (κ1) is 18.4. The average molecular weight is 346 g/mol. The summed E-state index contributed by atoms with van der Waals surface area (Å²) >= 11 is 0. The quantitative estimate of drug-likeness (QED) is 0.888. The fourth-order valence-corrected chi connectivity index (χ4v) is 3.88. The molecule has 2 fully saturated rings. The maximum Gasteiger partial charge on any atom is 0.251 e. The fourth-order valence-electron chi connectivity index (χ4n) is 3.88. The van der Waals surface area contributed by atoms with Crippen LogP contribution >= 0.6 is 0 Å². The number of likely N-dealkylation sites (tertiary alicyclic amines) is 1. The van der Waals surface area contributed by atoms with Crippen LogP contribution in [0.25, 0.3) is 0 Å². The number of piperidine rings is 1. The van der Waals surface area contributed by atoms with Gasteiger partial charge in [0.25, 0.3) is 5.91 Å². The first-order valence-electron chi connectivity index (χ1n) is 9.37. The van der Waals surface area contributed by atoms with E-state index in [4.69, 9.17) is 9.47 Å². The highest BCUT2D eigenvalue weighted by Crippen LogP contribution is 2.22. The maximum atomic E-state index is 12.0. The molecule has 138 valence electrons. The summed E-state index contributed by atoms with van der Waals surface area (Å²) < 4.78 is 10.7. The van der Waals surface area contributed by atoms with Crippen LogP contribution in [0.2, 0.25) is 0 Å². The van der Waals surface area contributed by atoms with E-state index in [-0.39, 0.29) is 5.91 Å². The van der Waals surface area contributed by atoms with Gasteiger partial charge in [0.2, 0.25) is 0 Å². The lowest BCUT2D eigenvalue weighted by molar-refractivity contribution is -0.147. The molecular formula is C20H30N2O3. The molecule has 1 amide bonds. The Kier molecular flexibility index (Phi) is 6.45. The summed E-state index contributed by atoms with van der Waals surface area (Å²) in [5.41, 5.74) is 2.44. The molecule has 2 saturated heterocycles. The van der Waals surface area contributed by atoms with Crippen LogP contribution in [0, 0.1) is 11.8 Å². The van der Waals surface area contributed by atoms with Crippen molar-refractivity contribution < 1.29 is 14.3 Å². The molecule has 0 bridgehead atoms. The van der Waals surface area contributed by atoms with Gasteiger partial charge in [0.1, 0.15) is 0 Å². The largest absolute Gasteiger partial charge is 0.376 e. The first-order valence-corrected chi connectivity index (χ1v) is 9.37.